The monoisotopic (exact) mass is 581 g/mol. The van der Waals surface area contributed by atoms with E-state index in [2.05, 4.69) is 26.6 Å². The summed E-state index contributed by atoms with van der Waals surface area (Å²) in [6.07, 6.45) is 4.38. The van der Waals surface area contributed by atoms with Crippen LogP contribution in [-0.2, 0) is 4.74 Å². The number of carbonyl (C=O) groups is 1. The summed E-state index contributed by atoms with van der Waals surface area (Å²) in [4.78, 5) is 19.7. The highest BCUT2D eigenvalue weighted by molar-refractivity contribution is 5.97. The molecule has 1 aliphatic heterocycles. The third-order valence-corrected chi connectivity index (χ3v) is 7.81. The average Bonchev–Trinajstić information content (AvgIpc) is 3.45. The average molecular weight is 582 g/mol. The normalized spacial score (nSPS) is 14.1. The number of anilines is 1. The van der Waals surface area contributed by atoms with Crippen molar-refractivity contribution in [2.24, 2.45) is 0 Å². The number of hydrogen-bond donors (Lipinski definition) is 2. The van der Waals surface area contributed by atoms with Crippen molar-refractivity contribution in [3.63, 3.8) is 0 Å². The number of benzene rings is 2. The summed E-state index contributed by atoms with van der Waals surface area (Å²) in [6.45, 7) is 6.36. The molecule has 0 atom stereocenters. The number of rotatable bonds is 10. The van der Waals surface area contributed by atoms with Gasteiger partial charge in [0.05, 0.1) is 23.9 Å². The van der Waals surface area contributed by atoms with Gasteiger partial charge in [0.25, 0.3) is 5.91 Å². The topological polar surface area (TPSA) is 113 Å². The second-order valence-corrected chi connectivity index (χ2v) is 11.9. The molecule has 9 heteroatoms. The standard InChI is InChI=1S/C34H39N5O4/c1-34(2,13-15-39(3)4)38-33(40)23-6-8-27(30(19-23)41-5)31-20-29-32(43-31)26(10-14-36-29)22-7-9-28(24(18-22)21-35)37-25-11-16-42-17-12-25/h6-10,14,18-20,25,37H,11-13,15-17H2,1-5H3,(H,38,40). The predicted molar refractivity (Wildman–Crippen MR) is 168 cm³/mol. The number of pyridine rings is 1. The highest BCUT2D eigenvalue weighted by Crippen LogP contribution is 2.38. The molecule has 2 aromatic carbocycles. The molecular formula is C34H39N5O4. The van der Waals surface area contributed by atoms with Gasteiger partial charge < -0.3 is 29.4 Å². The van der Waals surface area contributed by atoms with E-state index < -0.39 is 0 Å². The van der Waals surface area contributed by atoms with Crippen LogP contribution in [0.1, 0.15) is 49.0 Å². The van der Waals surface area contributed by atoms with Crippen LogP contribution in [0.25, 0.3) is 33.6 Å². The Labute approximate surface area is 252 Å². The lowest BCUT2D eigenvalue weighted by Gasteiger charge is -2.28. The Morgan fingerprint density at radius 3 is 2.63 bits per heavy atom. The molecule has 0 aliphatic carbocycles. The molecule has 1 amide bonds. The van der Waals surface area contributed by atoms with E-state index in [9.17, 15) is 10.1 Å². The van der Waals surface area contributed by atoms with Crippen LogP contribution in [-0.4, -0.2) is 68.3 Å². The van der Waals surface area contributed by atoms with Gasteiger partial charge in [0.15, 0.2) is 5.58 Å². The van der Waals surface area contributed by atoms with Gasteiger partial charge in [0.1, 0.15) is 23.1 Å². The van der Waals surface area contributed by atoms with Gasteiger partial charge in [-0.25, -0.2) is 0 Å². The third-order valence-electron chi connectivity index (χ3n) is 7.81. The molecule has 1 aliphatic rings. The molecule has 43 heavy (non-hydrogen) atoms. The summed E-state index contributed by atoms with van der Waals surface area (Å²) in [5.74, 6) is 0.934. The maximum Gasteiger partial charge on any atom is 0.251 e. The number of carbonyl (C=O) groups excluding carboxylic acids is 1. The molecule has 224 valence electrons. The fourth-order valence-electron chi connectivity index (χ4n) is 5.27. The quantitative estimate of drug-likeness (QED) is 0.231. The SMILES string of the molecule is COc1cc(C(=O)NC(C)(C)CCN(C)C)ccc1-c1cc2nccc(-c3ccc(NC4CCOCC4)c(C#N)c3)c2o1. The van der Waals surface area contributed by atoms with Crippen LogP contribution in [0.2, 0.25) is 0 Å². The number of nitriles is 1. The van der Waals surface area contributed by atoms with Gasteiger partial charge in [-0.05, 0) is 95.7 Å². The molecule has 3 heterocycles. The molecule has 0 radical (unpaired) electrons. The third kappa shape index (κ3) is 6.99. The van der Waals surface area contributed by atoms with E-state index in [4.69, 9.17) is 13.9 Å². The number of ether oxygens (including phenoxy) is 2. The Morgan fingerprint density at radius 1 is 1.12 bits per heavy atom. The van der Waals surface area contributed by atoms with Crippen LogP contribution in [0, 0.1) is 11.3 Å². The minimum absolute atomic E-state index is 0.162. The van der Waals surface area contributed by atoms with Crippen molar-refractivity contribution in [2.75, 3.05) is 46.3 Å². The smallest absolute Gasteiger partial charge is 0.251 e. The van der Waals surface area contributed by atoms with Crippen LogP contribution in [0.4, 0.5) is 5.69 Å². The van der Waals surface area contributed by atoms with Gasteiger partial charge in [-0.2, -0.15) is 5.26 Å². The number of aromatic nitrogens is 1. The fraction of sp³-hybridized carbons (Fsp3) is 0.382. The van der Waals surface area contributed by atoms with Crippen molar-refractivity contribution in [1.29, 1.82) is 5.26 Å². The zero-order chi connectivity index (χ0) is 30.6. The van der Waals surface area contributed by atoms with Crippen molar-refractivity contribution in [3.8, 4) is 34.3 Å². The van der Waals surface area contributed by atoms with Crippen LogP contribution >= 0.6 is 0 Å². The van der Waals surface area contributed by atoms with Gasteiger partial charge in [-0.15, -0.1) is 0 Å². The first-order valence-electron chi connectivity index (χ1n) is 14.6. The number of hydrogen-bond acceptors (Lipinski definition) is 8. The molecule has 0 spiro atoms. The number of fused-ring (bicyclic) bond motifs is 1. The van der Waals surface area contributed by atoms with Gasteiger partial charge in [-0.1, -0.05) is 6.07 Å². The van der Waals surface area contributed by atoms with E-state index >= 15 is 0 Å². The molecular weight excluding hydrogens is 542 g/mol. The highest BCUT2D eigenvalue weighted by atomic mass is 16.5. The maximum absolute atomic E-state index is 13.1. The van der Waals surface area contributed by atoms with E-state index in [1.54, 1.807) is 25.4 Å². The van der Waals surface area contributed by atoms with Crippen molar-refractivity contribution < 1.29 is 18.7 Å². The van der Waals surface area contributed by atoms with E-state index in [1.165, 1.54) is 0 Å². The second kappa shape index (κ2) is 12.9. The van der Waals surface area contributed by atoms with E-state index in [0.29, 0.717) is 39.3 Å². The first-order chi connectivity index (χ1) is 20.7. The lowest BCUT2D eigenvalue weighted by atomic mass is 9.99. The lowest BCUT2D eigenvalue weighted by Crippen LogP contribution is -2.45. The minimum Gasteiger partial charge on any atom is -0.496 e. The van der Waals surface area contributed by atoms with Crippen LogP contribution in [0.5, 0.6) is 5.75 Å². The number of methoxy groups -OCH3 is 1. The fourth-order valence-corrected chi connectivity index (χ4v) is 5.27. The molecule has 1 saturated heterocycles. The van der Waals surface area contributed by atoms with Crippen LogP contribution < -0.4 is 15.4 Å². The van der Waals surface area contributed by atoms with Gasteiger partial charge in [0.2, 0.25) is 0 Å². The van der Waals surface area contributed by atoms with Crippen molar-refractivity contribution in [2.45, 2.75) is 44.7 Å². The molecule has 2 N–H and O–H groups in total. The summed E-state index contributed by atoms with van der Waals surface area (Å²) in [5, 5.41) is 16.6. The summed E-state index contributed by atoms with van der Waals surface area (Å²) in [7, 11) is 5.61. The first-order valence-corrected chi connectivity index (χ1v) is 14.6. The molecule has 4 aromatic rings. The van der Waals surface area contributed by atoms with Gasteiger partial charge in [0, 0.05) is 48.2 Å². The molecule has 9 nitrogen and oxygen atoms in total. The second-order valence-electron chi connectivity index (χ2n) is 11.9. The van der Waals surface area contributed by atoms with Crippen molar-refractivity contribution in [1.82, 2.24) is 15.2 Å². The van der Waals surface area contributed by atoms with Crippen molar-refractivity contribution in [3.05, 3.63) is 65.9 Å². The summed E-state index contributed by atoms with van der Waals surface area (Å²) < 4.78 is 17.5. The van der Waals surface area contributed by atoms with Crippen LogP contribution in [0.3, 0.4) is 0 Å². The molecule has 0 saturated carbocycles. The number of nitrogens with one attached hydrogen (secondary N) is 2. The lowest BCUT2D eigenvalue weighted by molar-refractivity contribution is 0.0901. The first kappa shape index (κ1) is 30.1. The Bertz CT molecular complexity index is 1650. The Morgan fingerprint density at radius 2 is 1.91 bits per heavy atom. The van der Waals surface area contributed by atoms with E-state index in [-0.39, 0.29) is 17.5 Å². The van der Waals surface area contributed by atoms with Gasteiger partial charge >= 0.3 is 0 Å². The molecule has 0 unspecified atom stereocenters. The van der Waals surface area contributed by atoms with Crippen molar-refractivity contribution >= 4 is 22.7 Å². The van der Waals surface area contributed by atoms with Gasteiger partial charge in [-0.3, -0.25) is 9.78 Å². The maximum atomic E-state index is 13.1. The highest BCUT2D eigenvalue weighted by Gasteiger charge is 2.23. The molecule has 5 rings (SSSR count). The summed E-state index contributed by atoms with van der Waals surface area (Å²) in [5.41, 5.74) is 5.23. The Kier molecular flexibility index (Phi) is 9.00. The van der Waals surface area contributed by atoms with Crippen LogP contribution in [0.15, 0.2) is 59.1 Å². The number of nitrogens with zero attached hydrogens (tertiary/aromatic N) is 3. The Hall–Kier alpha value is -4.39. The number of amides is 1. The molecule has 1 fully saturated rings. The zero-order valence-corrected chi connectivity index (χ0v) is 25.5. The van der Waals surface area contributed by atoms with E-state index in [0.717, 1.165) is 55.8 Å². The Balaban J connectivity index is 1.42. The predicted octanol–water partition coefficient (Wildman–Crippen LogP) is 6.09. The summed E-state index contributed by atoms with van der Waals surface area (Å²) >= 11 is 0. The zero-order valence-electron chi connectivity index (χ0n) is 25.5. The number of furan rings is 1. The molecule has 2 aromatic heterocycles. The van der Waals surface area contributed by atoms with E-state index in [1.807, 2.05) is 64.3 Å². The summed E-state index contributed by atoms with van der Waals surface area (Å²) in [6, 6.07) is 17.6. The largest absolute Gasteiger partial charge is 0.496 e. The minimum atomic E-state index is -0.363. The molecule has 0 bridgehead atoms.